The molecule has 2 unspecified atom stereocenters. The molecule has 0 spiro atoms. The van der Waals surface area contributed by atoms with Crippen molar-refractivity contribution in [3.8, 4) is 0 Å². The van der Waals surface area contributed by atoms with E-state index in [1.807, 2.05) is 13.8 Å². The lowest BCUT2D eigenvalue weighted by atomic mass is 9.91. The van der Waals surface area contributed by atoms with Gasteiger partial charge in [0.25, 0.3) is 0 Å². The smallest absolute Gasteiger partial charge is 0.0440 e. The third-order valence-electron chi connectivity index (χ3n) is 2.80. The molecule has 0 aliphatic rings. The fourth-order valence-corrected chi connectivity index (χ4v) is 1.71. The fraction of sp³-hybridized carbons (Fsp3) is 1.00. The van der Waals surface area contributed by atoms with Crippen molar-refractivity contribution in [2.24, 2.45) is 11.8 Å². The van der Waals surface area contributed by atoms with Gasteiger partial charge in [-0.05, 0) is 18.3 Å². The van der Waals surface area contributed by atoms with E-state index in [4.69, 9.17) is 0 Å². The molecule has 0 heteroatoms. The van der Waals surface area contributed by atoms with E-state index in [1.165, 1.54) is 38.5 Å². The second-order valence-electron chi connectivity index (χ2n) is 4.35. The quantitative estimate of drug-likeness (QED) is 0.465. The zero-order chi connectivity index (χ0) is 11.4. The van der Waals surface area contributed by atoms with Gasteiger partial charge < -0.3 is 0 Å². The molecule has 0 bridgehead atoms. The molecule has 0 radical (unpaired) electrons. The van der Waals surface area contributed by atoms with Crippen LogP contribution in [0, 0.1) is 11.8 Å². The summed E-state index contributed by atoms with van der Waals surface area (Å²) in [6, 6.07) is 0. The number of hydrogen-bond donors (Lipinski definition) is 0. The lowest BCUT2D eigenvalue weighted by Gasteiger charge is -2.15. The number of unbranched alkanes of at least 4 members (excludes halogenated alkanes) is 2. The summed E-state index contributed by atoms with van der Waals surface area (Å²) >= 11 is 0. The Labute approximate surface area is 92.5 Å². The summed E-state index contributed by atoms with van der Waals surface area (Å²) in [7, 11) is 0. The normalized spacial score (nSPS) is 14.1. The molecule has 0 heterocycles. The van der Waals surface area contributed by atoms with Crippen LogP contribution in [0.25, 0.3) is 0 Å². The molecule has 0 N–H and O–H groups in total. The van der Waals surface area contributed by atoms with E-state index >= 15 is 0 Å². The van der Waals surface area contributed by atoms with Crippen molar-refractivity contribution < 1.29 is 0 Å². The van der Waals surface area contributed by atoms with Crippen molar-refractivity contribution in [2.45, 2.75) is 80.1 Å². The predicted molar refractivity (Wildman–Crippen MR) is 68.7 cm³/mol. The summed E-state index contributed by atoms with van der Waals surface area (Å²) in [6.07, 6.45) is 8.44. The second kappa shape index (κ2) is 13.0. The van der Waals surface area contributed by atoms with E-state index in [0.29, 0.717) is 0 Å². The van der Waals surface area contributed by atoms with Crippen molar-refractivity contribution in [1.29, 1.82) is 0 Å². The topological polar surface area (TPSA) is 0 Å². The highest BCUT2D eigenvalue weighted by Gasteiger charge is 2.06. The molecule has 14 heavy (non-hydrogen) atoms. The molecule has 0 nitrogen and oxygen atoms in total. The minimum Gasteiger partial charge on any atom is -0.0683 e. The highest BCUT2D eigenvalue weighted by molar-refractivity contribution is 4.58. The van der Waals surface area contributed by atoms with Crippen LogP contribution in [0.4, 0.5) is 0 Å². The molecule has 0 aliphatic heterocycles. The maximum absolute atomic E-state index is 2.40. The second-order valence-corrected chi connectivity index (χ2v) is 4.35. The molecule has 0 rings (SSSR count). The van der Waals surface area contributed by atoms with Crippen LogP contribution in [0.15, 0.2) is 0 Å². The Morgan fingerprint density at radius 2 is 1.43 bits per heavy atom. The van der Waals surface area contributed by atoms with E-state index in [-0.39, 0.29) is 0 Å². The first kappa shape index (κ1) is 16.4. The molecule has 0 aliphatic carbocycles. The van der Waals surface area contributed by atoms with Crippen LogP contribution in [0.3, 0.4) is 0 Å². The van der Waals surface area contributed by atoms with Crippen LogP contribution in [-0.4, -0.2) is 0 Å². The standard InChI is InChI=1S/C12H26.C2H6/c1-5-7-8-9-12(4)10-11(3)6-2;1-2/h11-12H,5-10H2,1-4H3;1-2H3. The molecule has 0 aromatic carbocycles. The van der Waals surface area contributed by atoms with E-state index in [2.05, 4.69) is 27.7 Å². The van der Waals surface area contributed by atoms with Crippen molar-refractivity contribution in [2.75, 3.05) is 0 Å². The van der Waals surface area contributed by atoms with E-state index in [1.54, 1.807) is 0 Å². The molecule has 0 fully saturated rings. The Morgan fingerprint density at radius 3 is 1.86 bits per heavy atom. The Balaban J connectivity index is 0. The first-order valence-electron chi connectivity index (χ1n) is 6.70. The Morgan fingerprint density at radius 1 is 0.857 bits per heavy atom. The molecular weight excluding hydrogens is 168 g/mol. The summed E-state index contributed by atoms with van der Waals surface area (Å²) < 4.78 is 0. The van der Waals surface area contributed by atoms with Gasteiger partial charge in [-0.15, -0.1) is 0 Å². The Hall–Kier alpha value is 0. The van der Waals surface area contributed by atoms with Gasteiger partial charge in [0.15, 0.2) is 0 Å². The first-order valence-corrected chi connectivity index (χ1v) is 6.70. The summed E-state index contributed by atoms with van der Waals surface area (Å²) in [5, 5.41) is 0. The van der Waals surface area contributed by atoms with Gasteiger partial charge in [0.2, 0.25) is 0 Å². The first-order chi connectivity index (χ1) is 6.70. The molecule has 0 aromatic rings. The van der Waals surface area contributed by atoms with Crippen molar-refractivity contribution in [1.82, 2.24) is 0 Å². The minimum atomic E-state index is 0.932. The highest BCUT2D eigenvalue weighted by atomic mass is 14.1. The third-order valence-corrected chi connectivity index (χ3v) is 2.80. The van der Waals surface area contributed by atoms with E-state index in [0.717, 1.165) is 11.8 Å². The SMILES string of the molecule is CC.CCCCCC(C)CC(C)CC. The zero-order valence-corrected chi connectivity index (χ0v) is 11.4. The molecule has 0 saturated heterocycles. The third kappa shape index (κ3) is 12.0. The zero-order valence-electron chi connectivity index (χ0n) is 11.4. The number of hydrogen-bond acceptors (Lipinski definition) is 0. The summed E-state index contributed by atoms with van der Waals surface area (Å²) in [5.41, 5.74) is 0. The van der Waals surface area contributed by atoms with Gasteiger partial charge in [0.1, 0.15) is 0 Å². The van der Waals surface area contributed by atoms with Crippen molar-refractivity contribution >= 4 is 0 Å². The van der Waals surface area contributed by atoms with Gasteiger partial charge in [-0.25, -0.2) is 0 Å². The van der Waals surface area contributed by atoms with Crippen LogP contribution >= 0.6 is 0 Å². The van der Waals surface area contributed by atoms with Crippen LogP contribution < -0.4 is 0 Å². The van der Waals surface area contributed by atoms with Crippen molar-refractivity contribution in [3.63, 3.8) is 0 Å². The molecule has 88 valence electrons. The largest absolute Gasteiger partial charge is 0.0683 e. The number of rotatable bonds is 7. The lowest BCUT2D eigenvalue weighted by molar-refractivity contribution is 0.376. The summed E-state index contributed by atoms with van der Waals surface area (Å²) in [6.45, 7) is 13.3. The molecular formula is C14H32. The highest BCUT2D eigenvalue weighted by Crippen LogP contribution is 2.19. The van der Waals surface area contributed by atoms with E-state index in [9.17, 15) is 0 Å². The lowest BCUT2D eigenvalue weighted by Crippen LogP contribution is -2.02. The Bertz CT molecular complexity index is 86.0. The van der Waals surface area contributed by atoms with Gasteiger partial charge in [-0.2, -0.15) is 0 Å². The van der Waals surface area contributed by atoms with Crippen LogP contribution in [0.5, 0.6) is 0 Å². The molecule has 0 amide bonds. The van der Waals surface area contributed by atoms with Crippen LogP contribution in [0.1, 0.15) is 80.1 Å². The Kier molecular flexibility index (Phi) is 15.3. The van der Waals surface area contributed by atoms with Gasteiger partial charge in [-0.3, -0.25) is 0 Å². The molecule has 2 atom stereocenters. The minimum absolute atomic E-state index is 0.932. The van der Waals surface area contributed by atoms with E-state index < -0.39 is 0 Å². The average Bonchev–Trinajstić information content (AvgIpc) is 2.21. The van der Waals surface area contributed by atoms with Crippen LogP contribution in [0.2, 0.25) is 0 Å². The summed E-state index contributed by atoms with van der Waals surface area (Å²) in [5.74, 6) is 1.88. The predicted octanol–water partition coefficient (Wildman–Crippen LogP) is 5.67. The maximum atomic E-state index is 2.40. The average molecular weight is 200 g/mol. The summed E-state index contributed by atoms with van der Waals surface area (Å²) in [4.78, 5) is 0. The van der Waals surface area contributed by atoms with Gasteiger partial charge in [-0.1, -0.05) is 73.6 Å². The van der Waals surface area contributed by atoms with Crippen molar-refractivity contribution in [3.05, 3.63) is 0 Å². The van der Waals surface area contributed by atoms with Gasteiger partial charge >= 0.3 is 0 Å². The van der Waals surface area contributed by atoms with Gasteiger partial charge in [0, 0.05) is 0 Å². The van der Waals surface area contributed by atoms with Crippen LogP contribution in [-0.2, 0) is 0 Å². The molecule has 0 aromatic heterocycles. The maximum Gasteiger partial charge on any atom is -0.0440 e. The molecule has 0 saturated carbocycles. The monoisotopic (exact) mass is 200 g/mol. The van der Waals surface area contributed by atoms with Gasteiger partial charge in [0.05, 0.1) is 0 Å². The fourth-order valence-electron chi connectivity index (χ4n) is 1.71.